The standard InChI is InChI=1S/C23H20BrFN2O2/c1-29-21(28)14-27-22(15-6-3-2-4-7-15)19-13-17(24)10-11-20(19)26-23(27)16-8-5-9-18(25)12-16/h2-13,22-23,26H,14H2,1H3. The number of esters is 1. The Morgan fingerprint density at radius 3 is 2.55 bits per heavy atom. The monoisotopic (exact) mass is 454 g/mol. The van der Waals surface area contributed by atoms with E-state index in [2.05, 4.69) is 21.2 Å². The van der Waals surface area contributed by atoms with Crippen LogP contribution < -0.4 is 5.32 Å². The van der Waals surface area contributed by atoms with Crippen molar-refractivity contribution in [2.45, 2.75) is 12.2 Å². The molecule has 0 fully saturated rings. The van der Waals surface area contributed by atoms with Gasteiger partial charge in [0.25, 0.3) is 0 Å². The Kier molecular flexibility index (Phi) is 5.65. The molecular weight excluding hydrogens is 435 g/mol. The fraction of sp³-hybridized carbons (Fsp3) is 0.174. The smallest absolute Gasteiger partial charge is 0.319 e. The van der Waals surface area contributed by atoms with Gasteiger partial charge in [-0.1, -0.05) is 58.4 Å². The maximum absolute atomic E-state index is 14.0. The Morgan fingerprint density at radius 1 is 1.07 bits per heavy atom. The van der Waals surface area contributed by atoms with Crippen LogP contribution in [0.2, 0.25) is 0 Å². The van der Waals surface area contributed by atoms with Crippen LogP contribution in [-0.2, 0) is 9.53 Å². The third-order valence-corrected chi connectivity index (χ3v) is 5.58. The number of ether oxygens (including phenoxy) is 1. The van der Waals surface area contributed by atoms with Gasteiger partial charge >= 0.3 is 5.97 Å². The number of anilines is 1. The largest absolute Gasteiger partial charge is 0.468 e. The van der Waals surface area contributed by atoms with Crippen molar-refractivity contribution in [3.05, 3.63) is 99.8 Å². The van der Waals surface area contributed by atoms with Gasteiger partial charge in [0.15, 0.2) is 0 Å². The van der Waals surface area contributed by atoms with Crippen LogP contribution in [0, 0.1) is 5.82 Å². The number of nitrogens with zero attached hydrogens (tertiary/aromatic N) is 1. The minimum absolute atomic E-state index is 0.0518. The van der Waals surface area contributed by atoms with Crippen molar-refractivity contribution in [3.8, 4) is 0 Å². The summed E-state index contributed by atoms with van der Waals surface area (Å²) >= 11 is 3.56. The van der Waals surface area contributed by atoms with E-state index in [1.54, 1.807) is 6.07 Å². The molecule has 1 aliphatic rings. The highest BCUT2D eigenvalue weighted by molar-refractivity contribution is 9.10. The predicted molar refractivity (Wildman–Crippen MR) is 114 cm³/mol. The number of carbonyl (C=O) groups is 1. The molecule has 148 valence electrons. The summed E-state index contributed by atoms with van der Waals surface area (Å²) in [5.74, 6) is -0.673. The molecule has 1 aliphatic heterocycles. The first-order chi connectivity index (χ1) is 14.1. The van der Waals surface area contributed by atoms with E-state index >= 15 is 0 Å². The third-order valence-electron chi connectivity index (χ3n) is 5.08. The molecule has 1 N–H and O–H groups in total. The second-order valence-corrected chi connectivity index (χ2v) is 7.81. The number of carbonyl (C=O) groups excluding carboxylic acids is 1. The third kappa shape index (κ3) is 4.04. The van der Waals surface area contributed by atoms with Gasteiger partial charge < -0.3 is 10.1 Å². The number of benzene rings is 3. The lowest BCUT2D eigenvalue weighted by Gasteiger charge is -2.44. The van der Waals surface area contributed by atoms with Crippen molar-refractivity contribution in [3.63, 3.8) is 0 Å². The molecule has 0 saturated heterocycles. The van der Waals surface area contributed by atoms with Crippen LogP contribution in [-0.4, -0.2) is 24.5 Å². The molecule has 4 nitrogen and oxygen atoms in total. The summed E-state index contributed by atoms with van der Waals surface area (Å²) in [6.07, 6.45) is -0.399. The highest BCUT2D eigenvalue weighted by atomic mass is 79.9. The molecule has 0 aromatic heterocycles. The van der Waals surface area contributed by atoms with Crippen molar-refractivity contribution < 1.29 is 13.9 Å². The molecule has 6 heteroatoms. The quantitative estimate of drug-likeness (QED) is 0.544. The van der Waals surface area contributed by atoms with E-state index in [9.17, 15) is 9.18 Å². The molecule has 0 aliphatic carbocycles. The van der Waals surface area contributed by atoms with Crippen molar-refractivity contribution in [2.24, 2.45) is 0 Å². The van der Waals surface area contributed by atoms with Crippen LogP contribution >= 0.6 is 15.9 Å². The zero-order valence-corrected chi connectivity index (χ0v) is 17.4. The highest BCUT2D eigenvalue weighted by Crippen LogP contribution is 2.44. The molecule has 0 saturated carbocycles. The van der Waals surface area contributed by atoms with Crippen LogP contribution in [0.25, 0.3) is 0 Å². The van der Waals surface area contributed by atoms with E-state index < -0.39 is 6.17 Å². The zero-order valence-electron chi connectivity index (χ0n) is 15.8. The van der Waals surface area contributed by atoms with Crippen LogP contribution in [0.4, 0.5) is 10.1 Å². The van der Waals surface area contributed by atoms with E-state index in [0.717, 1.165) is 26.9 Å². The number of halogens is 2. The molecule has 29 heavy (non-hydrogen) atoms. The van der Waals surface area contributed by atoms with Crippen LogP contribution in [0.1, 0.15) is 28.9 Å². The normalized spacial score (nSPS) is 18.6. The summed E-state index contributed by atoms with van der Waals surface area (Å²) in [6.45, 7) is 0.0518. The first-order valence-electron chi connectivity index (χ1n) is 9.26. The first kappa shape index (κ1) is 19.6. The average molecular weight is 455 g/mol. The summed E-state index contributed by atoms with van der Waals surface area (Å²) in [5, 5.41) is 3.48. The highest BCUT2D eigenvalue weighted by Gasteiger charge is 2.37. The molecule has 2 atom stereocenters. The van der Waals surface area contributed by atoms with Crippen molar-refractivity contribution >= 4 is 27.6 Å². The van der Waals surface area contributed by atoms with E-state index in [1.807, 2.05) is 59.5 Å². The summed E-state index contributed by atoms with van der Waals surface area (Å²) in [6, 6.07) is 22.2. The molecule has 1 heterocycles. The average Bonchev–Trinajstić information content (AvgIpc) is 2.73. The van der Waals surface area contributed by atoms with Gasteiger partial charge in [0, 0.05) is 10.2 Å². The van der Waals surface area contributed by atoms with Crippen LogP contribution in [0.15, 0.2) is 77.3 Å². The maximum atomic E-state index is 14.0. The number of methoxy groups -OCH3 is 1. The van der Waals surface area contributed by atoms with Gasteiger partial charge in [-0.05, 0) is 47.0 Å². The van der Waals surface area contributed by atoms with Gasteiger partial charge in [0.05, 0.1) is 19.7 Å². The molecule has 4 rings (SSSR count). The fourth-order valence-corrected chi connectivity index (χ4v) is 4.18. The second kappa shape index (κ2) is 8.35. The molecule has 3 aromatic rings. The number of rotatable bonds is 4. The summed E-state index contributed by atoms with van der Waals surface area (Å²) in [7, 11) is 1.37. The number of fused-ring (bicyclic) bond motifs is 1. The fourth-order valence-electron chi connectivity index (χ4n) is 3.80. The Labute approximate surface area is 177 Å². The van der Waals surface area contributed by atoms with Gasteiger partial charge in [0.2, 0.25) is 0 Å². The maximum Gasteiger partial charge on any atom is 0.319 e. The van der Waals surface area contributed by atoms with Gasteiger partial charge in [-0.25, -0.2) is 4.39 Å². The molecule has 0 radical (unpaired) electrons. The van der Waals surface area contributed by atoms with E-state index in [4.69, 9.17) is 4.74 Å². The lowest BCUT2D eigenvalue weighted by Crippen LogP contribution is -2.44. The van der Waals surface area contributed by atoms with Gasteiger partial charge in [0.1, 0.15) is 12.0 Å². The summed E-state index contributed by atoms with van der Waals surface area (Å²) in [5.41, 5.74) is 3.75. The molecule has 0 spiro atoms. The SMILES string of the molecule is COC(=O)CN1C(c2cccc(F)c2)Nc2ccc(Br)cc2C1c1ccccc1. The number of nitrogens with one attached hydrogen (secondary N) is 1. The summed E-state index contributed by atoms with van der Waals surface area (Å²) < 4.78 is 19.9. The molecule has 3 aromatic carbocycles. The predicted octanol–water partition coefficient (Wildman–Crippen LogP) is 5.28. The van der Waals surface area contributed by atoms with E-state index in [1.165, 1.54) is 19.2 Å². The molecule has 0 bridgehead atoms. The number of hydrogen-bond acceptors (Lipinski definition) is 4. The molecular formula is C23H20BrFN2O2. The number of hydrogen-bond donors (Lipinski definition) is 1. The second-order valence-electron chi connectivity index (χ2n) is 6.90. The summed E-state index contributed by atoms with van der Waals surface area (Å²) in [4.78, 5) is 14.3. The lowest BCUT2D eigenvalue weighted by atomic mass is 9.91. The van der Waals surface area contributed by atoms with Crippen molar-refractivity contribution in [1.29, 1.82) is 0 Å². The molecule has 0 amide bonds. The Morgan fingerprint density at radius 2 is 1.83 bits per heavy atom. The Hall–Kier alpha value is -2.70. The van der Waals surface area contributed by atoms with E-state index in [0.29, 0.717) is 0 Å². The van der Waals surface area contributed by atoms with Crippen LogP contribution in [0.5, 0.6) is 0 Å². The topological polar surface area (TPSA) is 41.6 Å². The van der Waals surface area contributed by atoms with Gasteiger partial charge in [-0.2, -0.15) is 0 Å². The van der Waals surface area contributed by atoms with E-state index in [-0.39, 0.29) is 24.4 Å². The van der Waals surface area contributed by atoms with Crippen molar-refractivity contribution in [1.82, 2.24) is 4.90 Å². The minimum Gasteiger partial charge on any atom is -0.468 e. The Bertz CT molecular complexity index is 1030. The van der Waals surface area contributed by atoms with Gasteiger partial charge in [-0.15, -0.1) is 0 Å². The van der Waals surface area contributed by atoms with Gasteiger partial charge in [-0.3, -0.25) is 9.69 Å². The molecule has 2 unspecified atom stereocenters. The first-order valence-corrected chi connectivity index (χ1v) is 10.0. The van der Waals surface area contributed by atoms with Crippen molar-refractivity contribution in [2.75, 3.05) is 19.0 Å². The Balaban J connectivity index is 1.90. The minimum atomic E-state index is -0.399. The zero-order chi connectivity index (χ0) is 20.4. The van der Waals surface area contributed by atoms with Crippen LogP contribution in [0.3, 0.4) is 0 Å². The lowest BCUT2D eigenvalue weighted by molar-refractivity contribution is -0.143.